The third-order valence-electron chi connectivity index (χ3n) is 2.49. The Kier molecular flexibility index (Phi) is 5.91. The molecule has 0 aliphatic rings. The van der Waals surface area contributed by atoms with Crippen molar-refractivity contribution in [2.24, 2.45) is 0 Å². The van der Waals surface area contributed by atoms with Gasteiger partial charge in [0.15, 0.2) is 11.6 Å². The number of hydrogen-bond donors (Lipinski definition) is 2. The first-order valence-corrected chi connectivity index (χ1v) is 6.60. The van der Waals surface area contributed by atoms with Gasteiger partial charge in [0.25, 0.3) is 5.01 Å². The molecule has 0 atom stereocenters. The number of nitrogens with zero attached hydrogens (tertiary/aromatic N) is 2. The molecule has 1 heterocycles. The zero-order valence-corrected chi connectivity index (χ0v) is 13.4. The van der Waals surface area contributed by atoms with Crippen LogP contribution in [-0.4, -0.2) is 15.3 Å². The van der Waals surface area contributed by atoms with E-state index in [0.717, 1.165) is 10.0 Å². The van der Waals surface area contributed by atoms with Gasteiger partial charge in [0.05, 0.1) is 0 Å². The van der Waals surface area contributed by atoms with E-state index in [-0.39, 0.29) is 28.5 Å². The summed E-state index contributed by atoms with van der Waals surface area (Å²) in [5.74, 6) is 0.252. The van der Waals surface area contributed by atoms with E-state index in [1.165, 1.54) is 18.2 Å². The van der Waals surface area contributed by atoms with E-state index < -0.39 is 0 Å². The molecule has 4 nitrogen and oxygen atoms in total. The minimum Gasteiger partial charge on any atom is -1.00 e. The number of phenolic OH excluding ortho intramolecular Hbond substituents is 2. The minimum absolute atomic E-state index is 0. The second-order valence-corrected chi connectivity index (χ2v) is 5.22. The molecule has 1 aromatic carbocycles. The number of rotatable bonds is 4. The SMILES string of the molecule is C=CC[n+]1nc(C)sc1/C=C/c1cc(O)ccc1O.[Br-]. The van der Waals surface area contributed by atoms with Gasteiger partial charge < -0.3 is 27.2 Å². The van der Waals surface area contributed by atoms with E-state index in [1.54, 1.807) is 23.5 Å². The molecular weight excluding hydrogens is 340 g/mol. The Morgan fingerprint density at radius 1 is 1.35 bits per heavy atom. The Bertz CT molecular complexity index is 638. The van der Waals surface area contributed by atoms with Crippen LogP contribution in [0.3, 0.4) is 0 Å². The van der Waals surface area contributed by atoms with Crippen molar-refractivity contribution >= 4 is 23.5 Å². The van der Waals surface area contributed by atoms with E-state index in [1.807, 2.05) is 17.7 Å². The topological polar surface area (TPSA) is 57.2 Å². The maximum atomic E-state index is 9.69. The Hall–Kier alpha value is -1.66. The summed E-state index contributed by atoms with van der Waals surface area (Å²) in [6.45, 7) is 6.27. The number of aromatic nitrogens is 2. The maximum Gasteiger partial charge on any atom is 0.289 e. The average molecular weight is 355 g/mol. The van der Waals surface area contributed by atoms with Crippen molar-refractivity contribution in [1.29, 1.82) is 0 Å². The van der Waals surface area contributed by atoms with Crippen molar-refractivity contribution in [2.45, 2.75) is 13.5 Å². The van der Waals surface area contributed by atoms with Crippen molar-refractivity contribution in [2.75, 3.05) is 0 Å². The van der Waals surface area contributed by atoms with E-state index in [0.29, 0.717) is 12.1 Å². The lowest BCUT2D eigenvalue weighted by atomic mass is 10.2. The highest BCUT2D eigenvalue weighted by Gasteiger charge is 2.13. The van der Waals surface area contributed by atoms with Gasteiger partial charge in [-0.3, -0.25) is 0 Å². The van der Waals surface area contributed by atoms with E-state index in [9.17, 15) is 10.2 Å². The van der Waals surface area contributed by atoms with Gasteiger partial charge in [-0.1, -0.05) is 11.3 Å². The summed E-state index contributed by atoms with van der Waals surface area (Å²) < 4.78 is 1.84. The van der Waals surface area contributed by atoms with Crippen LogP contribution in [0.25, 0.3) is 12.2 Å². The minimum atomic E-state index is 0. The van der Waals surface area contributed by atoms with Crippen molar-refractivity contribution in [1.82, 2.24) is 5.10 Å². The van der Waals surface area contributed by atoms with Crippen molar-refractivity contribution in [3.8, 4) is 11.5 Å². The van der Waals surface area contributed by atoms with Gasteiger partial charge in [-0.25, -0.2) is 0 Å². The second kappa shape index (κ2) is 7.21. The predicted molar refractivity (Wildman–Crippen MR) is 75.9 cm³/mol. The molecule has 20 heavy (non-hydrogen) atoms. The molecule has 0 aliphatic carbocycles. The summed E-state index contributed by atoms with van der Waals surface area (Å²) in [6.07, 6.45) is 5.40. The third kappa shape index (κ3) is 3.91. The quantitative estimate of drug-likeness (QED) is 0.442. The number of hydrogen-bond acceptors (Lipinski definition) is 4. The predicted octanol–water partition coefficient (Wildman–Crippen LogP) is -0.489. The summed E-state index contributed by atoms with van der Waals surface area (Å²) in [6, 6.07) is 4.42. The molecule has 1 aromatic heterocycles. The fourth-order valence-corrected chi connectivity index (χ4v) is 2.45. The van der Waals surface area contributed by atoms with Crippen LogP contribution in [0.5, 0.6) is 11.5 Å². The van der Waals surface area contributed by atoms with Crippen LogP contribution >= 0.6 is 11.3 Å². The fraction of sp³-hybridized carbons (Fsp3) is 0.143. The Morgan fingerprint density at radius 3 is 2.80 bits per heavy atom. The summed E-state index contributed by atoms with van der Waals surface area (Å²) in [4.78, 5) is 0. The second-order valence-electron chi connectivity index (χ2n) is 4.01. The zero-order chi connectivity index (χ0) is 13.8. The summed E-state index contributed by atoms with van der Waals surface area (Å²) in [7, 11) is 0. The highest BCUT2D eigenvalue weighted by molar-refractivity contribution is 7.11. The van der Waals surface area contributed by atoms with Gasteiger partial charge in [0.1, 0.15) is 11.5 Å². The van der Waals surface area contributed by atoms with Crippen molar-refractivity contribution in [3.05, 3.63) is 46.4 Å². The van der Waals surface area contributed by atoms with E-state index in [2.05, 4.69) is 11.7 Å². The van der Waals surface area contributed by atoms with Crippen LogP contribution in [-0.2, 0) is 6.54 Å². The molecule has 0 bridgehead atoms. The van der Waals surface area contributed by atoms with E-state index >= 15 is 0 Å². The van der Waals surface area contributed by atoms with Crippen molar-refractivity contribution < 1.29 is 31.9 Å². The maximum absolute atomic E-state index is 9.69. The highest BCUT2D eigenvalue weighted by Crippen LogP contribution is 2.24. The van der Waals surface area contributed by atoms with Crippen LogP contribution in [0.1, 0.15) is 15.6 Å². The Labute approximate surface area is 132 Å². The number of allylic oxidation sites excluding steroid dienone is 1. The van der Waals surface area contributed by atoms with Gasteiger partial charge in [-0.05, 0) is 48.6 Å². The molecule has 0 saturated carbocycles. The molecule has 0 spiro atoms. The summed E-state index contributed by atoms with van der Waals surface area (Å²) in [5.41, 5.74) is 0.566. The Balaban J connectivity index is 0.00000200. The normalized spacial score (nSPS) is 10.4. The van der Waals surface area contributed by atoms with Gasteiger partial charge >= 0.3 is 0 Å². The van der Waals surface area contributed by atoms with Crippen LogP contribution in [0.2, 0.25) is 0 Å². The summed E-state index contributed by atoms with van der Waals surface area (Å²) in [5, 5.41) is 25.4. The fourth-order valence-electron chi connectivity index (χ4n) is 1.65. The first-order chi connectivity index (χ1) is 9.10. The molecule has 0 saturated heterocycles. The third-order valence-corrected chi connectivity index (χ3v) is 3.42. The van der Waals surface area contributed by atoms with Crippen LogP contribution in [0.4, 0.5) is 0 Å². The smallest absolute Gasteiger partial charge is 0.289 e. The van der Waals surface area contributed by atoms with Crippen LogP contribution in [0.15, 0.2) is 30.9 Å². The van der Waals surface area contributed by atoms with Gasteiger partial charge in [0, 0.05) is 16.7 Å². The molecule has 0 amide bonds. The first-order valence-electron chi connectivity index (χ1n) is 5.78. The molecule has 2 N–H and O–H groups in total. The molecule has 2 aromatic rings. The highest BCUT2D eigenvalue weighted by atomic mass is 79.9. The lowest BCUT2D eigenvalue weighted by Crippen LogP contribution is -3.00. The summed E-state index contributed by atoms with van der Waals surface area (Å²) >= 11 is 1.56. The lowest BCUT2D eigenvalue weighted by Gasteiger charge is -1.98. The number of aromatic hydroxyl groups is 2. The first kappa shape index (κ1) is 16.4. The molecule has 0 aliphatic heterocycles. The number of benzene rings is 1. The van der Waals surface area contributed by atoms with Gasteiger partial charge in [-0.15, -0.1) is 0 Å². The molecule has 0 radical (unpaired) electrons. The lowest BCUT2D eigenvalue weighted by molar-refractivity contribution is -0.741. The number of halogens is 1. The largest absolute Gasteiger partial charge is 1.00 e. The number of aryl methyl sites for hydroxylation is 1. The van der Waals surface area contributed by atoms with Crippen LogP contribution < -0.4 is 21.7 Å². The van der Waals surface area contributed by atoms with Gasteiger partial charge in [-0.2, -0.15) is 0 Å². The van der Waals surface area contributed by atoms with Crippen molar-refractivity contribution in [3.63, 3.8) is 0 Å². The van der Waals surface area contributed by atoms with E-state index in [4.69, 9.17) is 0 Å². The molecule has 0 unspecified atom stereocenters. The zero-order valence-electron chi connectivity index (χ0n) is 11.0. The average Bonchev–Trinajstić information content (AvgIpc) is 2.71. The molecule has 6 heteroatoms. The Morgan fingerprint density at radius 2 is 2.10 bits per heavy atom. The van der Waals surface area contributed by atoms with Crippen LogP contribution in [0, 0.1) is 6.92 Å². The standard InChI is InChI=1S/C14H14N2O2S.BrH/c1-3-8-16-14(19-10(2)15-16)7-4-11-9-12(17)5-6-13(11)18;/h3-7,9,17H,1,8H2,2H3;1H. The molecule has 106 valence electrons. The monoisotopic (exact) mass is 354 g/mol. The molecular formula is C14H15BrN2O2S. The molecule has 0 fully saturated rings. The number of phenols is 2. The van der Waals surface area contributed by atoms with Gasteiger partial charge in [0.2, 0.25) is 0 Å². The molecule has 2 rings (SSSR count).